The molecule has 3 nitrogen and oxygen atoms in total. The molecule has 0 aliphatic heterocycles. The minimum atomic E-state index is -0.840. The van der Waals surface area contributed by atoms with Crippen molar-refractivity contribution < 1.29 is 9.84 Å². The van der Waals surface area contributed by atoms with Crippen molar-refractivity contribution in [3.8, 4) is 5.75 Å². The summed E-state index contributed by atoms with van der Waals surface area (Å²) in [6.45, 7) is 10.1. The highest BCUT2D eigenvalue weighted by Gasteiger charge is 2.46. The highest BCUT2D eigenvalue weighted by molar-refractivity contribution is 5.33. The molecule has 27 heavy (non-hydrogen) atoms. The van der Waals surface area contributed by atoms with Gasteiger partial charge in [0, 0.05) is 12.5 Å². The number of ether oxygens (including phenoxy) is 1. The van der Waals surface area contributed by atoms with Crippen molar-refractivity contribution in [1.82, 2.24) is 4.90 Å². The Morgan fingerprint density at radius 3 is 2.48 bits per heavy atom. The molecule has 1 N–H and O–H groups in total. The molecule has 3 heteroatoms. The van der Waals surface area contributed by atoms with Crippen LogP contribution in [0.3, 0.4) is 0 Å². The average Bonchev–Trinajstić information content (AvgIpc) is 2.65. The Bertz CT molecular complexity index is 585. The standard InChI is InChI=1S/C24H41NO2/c1-8-24(26,19-10-9-11-20(15-19)27-7)23(16-25(5)6)22-14-18(4)12-13-21(22)17(2)3/h9-11,15,17-18,21-23,26H,8,12-14,16H2,1-7H3. The van der Waals surface area contributed by atoms with Crippen molar-refractivity contribution in [3.05, 3.63) is 29.8 Å². The van der Waals surface area contributed by atoms with Crippen LogP contribution in [0.2, 0.25) is 0 Å². The fourth-order valence-corrected chi connectivity index (χ4v) is 5.35. The zero-order chi connectivity index (χ0) is 20.2. The average molecular weight is 376 g/mol. The van der Waals surface area contributed by atoms with E-state index in [0.29, 0.717) is 24.2 Å². The van der Waals surface area contributed by atoms with E-state index in [2.05, 4.69) is 52.8 Å². The van der Waals surface area contributed by atoms with Crippen molar-refractivity contribution in [3.63, 3.8) is 0 Å². The molecule has 0 saturated heterocycles. The summed E-state index contributed by atoms with van der Waals surface area (Å²) in [6, 6.07) is 8.07. The number of nitrogens with zero attached hydrogens (tertiary/aromatic N) is 1. The van der Waals surface area contributed by atoms with Crippen molar-refractivity contribution in [1.29, 1.82) is 0 Å². The lowest BCUT2D eigenvalue weighted by Crippen LogP contribution is -2.48. The van der Waals surface area contributed by atoms with Crippen LogP contribution < -0.4 is 4.74 Å². The van der Waals surface area contributed by atoms with E-state index in [0.717, 1.165) is 23.8 Å². The Morgan fingerprint density at radius 1 is 1.22 bits per heavy atom. The van der Waals surface area contributed by atoms with Gasteiger partial charge in [0.1, 0.15) is 5.75 Å². The van der Waals surface area contributed by atoms with Gasteiger partial charge in [-0.1, -0.05) is 46.2 Å². The number of rotatable bonds is 8. The highest BCUT2D eigenvalue weighted by Crippen LogP contribution is 2.49. The van der Waals surface area contributed by atoms with Gasteiger partial charge in [0.25, 0.3) is 0 Å². The third-order valence-corrected chi connectivity index (χ3v) is 6.87. The summed E-state index contributed by atoms with van der Waals surface area (Å²) < 4.78 is 5.46. The van der Waals surface area contributed by atoms with Crippen LogP contribution in [0.15, 0.2) is 24.3 Å². The molecule has 1 aliphatic rings. The highest BCUT2D eigenvalue weighted by atomic mass is 16.5. The third-order valence-electron chi connectivity index (χ3n) is 6.87. The summed E-state index contributed by atoms with van der Waals surface area (Å²) in [6.07, 6.45) is 4.53. The molecule has 2 rings (SSSR count). The molecule has 5 atom stereocenters. The van der Waals surface area contributed by atoms with Gasteiger partial charge in [-0.25, -0.2) is 0 Å². The first-order valence-corrected chi connectivity index (χ1v) is 10.7. The van der Waals surface area contributed by atoms with Crippen LogP contribution in [0.25, 0.3) is 0 Å². The van der Waals surface area contributed by atoms with Crippen molar-refractivity contribution in [2.24, 2.45) is 29.6 Å². The van der Waals surface area contributed by atoms with Crippen LogP contribution in [0.4, 0.5) is 0 Å². The summed E-state index contributed by atoms with van der Waals surface area (Å²) in [5.74, 6) is 3.63. The zero-order valence-electron chi connectivity index (χ0n) is 18.5. The molecule has 0 spiro atoms. The zero-order valence-corrected chi connectivity index (χ0v) is 18.5. The van der Waals surface area contributed by atoms with Gasteiger partial charge in [-0.2, -0.15) is 0 Å². The maximum atomic E-state index is 12.1. The number of hydrogen-bond donors (Lipinski definition) is 1. The molecule has 1 aliphatic carbocycles. The number of hydrogen-bond acceptors (Lipinski definition) is 3. The first kappa shape index (κ1) is 22.2. The minimum Gasteiger partial charge on any atom is -0.497 e. The fourth-order valence-electron chi connectivity index (χ4n) is 5.35. The molecule has 1 fully saturated rings. The van der Waals surface area contributed by atoms with Gasteiger partial charge in [0.2, 0.25) is 0 Å². The second kappa shape index (κ2) is 9.43. The van der Waals surface area contributed by atoms with Crippen LogP contribution in [0.1, 0.15) is 58.9 Å². The topological polar surface area (TPSA) is 32.7 Å². The van der Waals surface area contributed by atoms with Gasteiger partial charge >= 0.3 is 0 Å². The SMILES string of the molecule is CCC(O)(c1cccc(OC)c1)C(CN(C)C)C1CC(C)CCC1C(C)C. The first-order chi connectivity index (χ1) is 12.7. The second-order valence-corrected chi connectivity index (χ2v) is 9.37. The monoisotopic (exact) mass is 375 g/mol. The number of methoxy groups -OCH3 is 1. The molecule has 1 saturated carbocycles. The van der Waals surface area contributed by atoms with E-state index in [4.69, 9.17) is 4.74 Å². The largest absolute Gasteiger partial charge is 0.497 e. The molecular weight excluding hydrogens is 334 g/mol. The predicted octanol–water partition coefficient (Wildman–Crippen LogP) is 5.18. The van der Waals surface area contributed by atoms with Gasteiger partial charge in [-0.15, -0.1) is 0 Å². The number of benzene rings is 1. The predicted molar refractivity (Wildman–Crippen MR) is 114 cm³/mol. The fraction of sp³-hybridized carbons (Fsp3) is 0.750. The molecule has 0 radical (unpaired) electrons. The lowest BCUT2D eigenvalue weighted by molar-refractivity contribution is -0.0885. The van der Waals surface area contributed by atoms with Gasteiger partial charge in [0.15, 0.2) is 0 Å². The molecular formula is C24H41NO2. The maximum Gasteiger partial charge on any atom is 0.119 e. The third kappa shape index (κ3) is 5.06. The lowest BCUT2D eigenvalue weighted by atomic mass is 9.60. The van der Waals surface area contributed by atoms with Crippen LogP contribution in [0.5, 0.6) is 5.75 Å². The van der Waals surface area contributed by atoms with E-state index in [1.165, 1.54) is 19.3 Å². The van der Waals surface area contributed by atoms with Gasteiger partial charge in [-0.05, 0) is 74.7 Å². The minimum absolute atomic E-state index is 0.208. The molecule has 0 aromatic heterocycles. The Morgan fingerprint density at radius 2 is 1.93 bits per heavy atom. The van der Waals surface area contributed by atoms with E-state index >= 15 is 0 Å². The van der Waals surface area contributed by atoms with E-state index in [1.54, 1.807) is 7.11 Å². The molecule has 1 aromatic rings. The molecule has 5 unspecified atom stereocenters. The molecule has 0 amide bonds. The van der Waals surface area contributed by atoms with E-state index < -0.39 is 5.60 Å². The summed E-state index contributed by atoms with van der Waals surface area (Å²) in [5.41, 5.74) is 0.158. The quantitative estimate of drug-likeness (QED) is 0.679. The van der Waals surface area contributed by atoms with Crippen molar-refractivity contribution in [2.45, 2.75) is 59.0 Å². The summed E-state index contributed by atoms with van der Waals surface area (Å²) in [5, 5.41) is 12.1. The van der Waals surface area contributed by atoms with Crippen LogP contribution in [-0.4, -0.2) is 37.8 Å². The van der Waals surface area contributed by atoms with Crippen LogP contribution in [0, 0.1) is 29.6 Å². The van der Waals surface area contributed by atoms with Crippen molar-refractivity contribution in [2.75, 3.05) is 27.7 Å². The van der Waals surface area contributed by atoms with E-state index in [1.807, 2.05) is 18.2 Å². The van der Waals surface area contributed by atoms with E-state index in [-0.39, 0.29) is 5.92 Å². The second-order valence-electron chi connectivity index (χ2n) is 9.37. The first-order valence-electron chi connectivity index (χ1n) is 10.7. The van der Waals surface area contributed by atoms with Gasteiger partial charge in [0.05, 0.1) is 12.7 Å². The van der Waals surface area contributed by atoms with Crippen molar-refractivity contribution >= 4 is 0 Å². The normalized spacial score (nSPS) is 26.8. The Labute approximate surface area is 167 Å². The molecule has 154 valence electrons. The van der Waals surface area contributed by atoms with Crippen LogP contribution in [-0.2, 0) is 5.60 Å². The maximum absolute atomic E-state index is 12.1. The lowest BCUT2D eigenvalue weighted by Gasteiger charge is -2.48. The van der Waals surface area contributed by atoms with E-state index in [9.17, 15) is 5.11 Å². The summed E-state index contributed by atoms with van der Waals surface area (Å²) in [7, 11) is 5.95. The Balaban J connectivity index is 2.50. The molecule has 0 bridgehead atoms. The smallest absolute Gasteiger partial charge is 0.119 e. The Hall–Kier alpha value is -1.06. The summed E-state index contributed by atoms with van der Waals surface area (Å²) in [4.78, 5) is 2.25. The molecule has 0 heterocycles. The Kier molecular flexibility index (Phi) is 7.76. The van der Waals surface area contributed by atoms with Gasteiger partial charge < -0.3 is 14.7 Å². The molecule has 1 aromatic carbocycles. The van der Waals surface area contributed by atoms with Crippen LogP contribution >= 0.6 is 0 Å². The summed E-state index contributed by atoms with van der Waals surface area (Å²) >= 11 is 0. The number of aliphatic hydroxyl groups is 1. The van der Waals surface area contributed by atoms with Gasteiger partial charge in [-0.3, -0.25) is 0 Å².